The maximum atomic E-state index is 5.99. The first-order valence-electron chi connectivity index (χ1n) is 10.3. The summed E-state index contributed by atoms with van der Waals surface area (Å²) in [7, 11) is 1.70. The summed E-state index contributed by atoms with van der Waals surface area (Å²) >= 11 is 12.0. The number of rotatable bonds is 9. The number of nitrogens with zero attached hydrogens (tertiary/aromatic N) is 2. The lowest BCUT2D eigenvalue weighted by molar-refractivity contribution is 0.292. The van der Waals surface area contributed by atoms with Crippen LogP contribution in [0.3, 0.4) is 0 Å². The number of methoxy groups -OCH3 is 1. The first-order chi connectivity index (χ1) is 15.2. The second-order valence-electron chi connectivity index (χ2n) is 7.33. The average molecular weight is 491 g/mol. The van der Waals surface area contributed by atoms with E-state index in [1.807, 2.05) is 48.5 Å². The van der Waals surface area contributed by atoms with E-state index in [4.69, 9.17) is 32.9 Å². The monoisotopic (exact) mass is 489 g/mol. The molecule has 168 valence electrons. The van der Waals surface area contributed by atoms with Gasteiger partial charge in [0.2, 0.25) is 0 Å². The van der Waals surface area contributed by atoms with Gasteiger partial charge in [-0.25, -0.2) is 4.98 Å². The van der Waals surface area contributed by atoms with Crippen molar-refractivity contribution in [1.82, 2.24) is 9.88 Å². The number of hydrogen-bond acceptors (Lipinski definition) is 4. The number of aromatic nitrogens is 1. The Balaban J connectivity index is 0.00000289. The summed E-state index contributed by atoms with van der Waals surface area (Å²) in [6, 6.07) is 22.6. The molecule has 0 aliphatic heterocycles. The molecule has 0 radical (unpaired) electrons. The lowest BCUT2D eigenvalue weighted by Crippen LogP contribution is -2.27. The second kappa shape index (κ2) is 11.6. The quantitative estimate of drug-likeness (QED) is 0.206. The van der Waals surface area contributed by atoms with Gasteiger partial charge in [-0.05, 0) is 30.3 Å². The van der Waals surface area contributed by atoms with Gasteiger partial charge in [-0.15, -0.1) is 35.6 Å². The van der Waals surface area contributed by atoms with E-state index in [1.165, 1.54) is 0 Å². The Morgan fingerprint density at radius 1 is 0.875 bits per heavy atom. The molecule has 1 N–H and O–H groups in total. The molecule has 3 aromatic carbocycles. The lowest BCUT2D eigenvalue weighted by atomic mass is 10.1. The van der Waals surface area contributed by atoms with Crippen molar-refractivity contribution in [2.24, 2.45) is 0 Å². The molecular formula is C25H26Cl3N3O. The molecule has 0 saturated heterocycles. The molecule has 0 aliphatic rings. The molecule has 0 amide bonds. The highest BCUT2D eigenvalue weighted by Crippen LogP contribution is 2.34. The zero-order chi connectivity index (χ0) is 21.6. The number of benzene rings is 3. The Hall–Kier alpha value is -2.24. The molecule has 0 spiro atoms. The van der Waals surface area contributed by atoms with E-state index >= 15 is 0 Å². The Kier molecular flexibility index (Phi) is 8.83. The van der Waals surface area contributed by atoms with Crippen molar-refractivity contribution in [2.45, 2.75) is 6.54 Å². The zero-order valence-electron chi connectivity index (χ0n) is 17.9. The first-order valence-corrected chi connectivity index (χ1v) is 11.4. The van der Waals surface area contributed by atoms with Crippen LogP contribution in [0.15, 0.2) is 66.7 Å². The summed E-state index contributed by atoms with van der Waals surface area (Å²) in [5.74, 6) is 1.97. The first kappa shape index (κ1) is 24.4. The van der Waals surface area contributed by atoms with E-state index in [9.17, 15) is 0 Å². The number of para-hydroxylation sites is 2. The fraction of sp³-hybridized carbons (Fsp3) is 0.240. The third-order valence-corrected chi connectivity index (χ3v) is 5.67. The van der Waals surface area contributed by atoms with Gasteiger partial charge in [0.15, 0.2) is 0 Å². The number of ether oxygens (including phenoxy) is 1. The van der Waals surface area contributed by atoms with E-state index < -0.39 is 0 Å². The highest BCUT2D eigenvalue weighted by molar-refractivity contribution is 6.18. The third-order valence-electron chi connectivity index (χ3n) is 5.33. The normalized spacial score (nSPS) is 11.0. The zero-order valence-corrected chi connectivity index (χ0v) is 20.2. The van der Waals surface area contributed by atoms with Crippen LogP contribution in [-0.4, -0.2) is 41.8 Å². The Bertz CT molecular complexity index is 1130. The number of hydrogen-bond donors (Lipinski definition) is 1. The largest absolute Gasteiger partial charge is 0.496 e. The summed E-state index contributed by atoms with van der Waals surface area (Å²) in [6.45, 7) is 2.26. The van der Waals surface area contributed by atoms with Gasteiger partial charge in [0.05, 0.1) is 23.8 Å². The molecule has 4 aromatic rings. The molecule has 0 atom stereocenters. The fourth-order valence-electron chi connectivity index (χ4n) is 3.85. The number of fused-ring (bicyclic) bond motifs is 2. The van der Waals surface area contributed by atoms with Crippen molar-refractivity contribution in [2.75, 3.05) is 37.3 Å². The molecule has 0 fully saturated rings. The van der Waals surface area contributed by atoms with Crippen molar-refractivity contribution in [3.05, 3.63) is 72.3 Å². The number of nitrogens with one attached hydrogen (secondary N) is 1. The van der Waals surface area contributed by atoms with Gasteiger partial charge < -0.3 is 10.1 Å². The van der Waals surface area contributed by atoms with Gasteiger partial charge in [-0.1, -0.05) is 36.4 Å². The smallest absolute Gasteiger partial charge is 0.123 e. The number of pyridine rings is 1. The molecule has 4 nitrogen and oxygen atoms in total. The molecular weight excluding hydrogens is 465 g/mol. The molecule has 1 heterocycles. The van der Waals surface area contributed by atoms with Gasteiger partial charge in [0.25, 0.3) is 0 Å². The Morgan fingerprint density at radius 2 is 1.47 bits per heavy atom. The van der Waals surface area contributed by atoms with Crippen molar-refractivity contribution < 1.29 is 4.74 Å². The standard InChI is InChI=1S/C25H25Cl2N3O.ClH/c1-31-24-11-10-19(16-18(24)17-30(14-12-26)15-13-27)28-25-20-6-2-4-8-22(20)29-23-9-5-3-7-21(23)25;/h2-11,16H,12-15,17H2,1H3,(H,28,29);1H. The molecule has 7 heteroatoms. The Labute approximate surface area is 204 Å². The minimum Gasteiger partial charge on any atom is -0.496 e. The van der Waals surface area contributed by atoms with Crippen molar-refractivity contribution in [1.29, 1.82) is 0 Å². The molecule has 1 aromatic heterocycles. The van der Waals surface area contributed by atoms with E-state index in [1.54, 1.807) is 7.11 Å². The average Bonchev–Trinajstić information content (AvgIpc) is 2.79. The summed E-state index contributed by atoms with van der Waals surface area (Å²) in [5, 5.41) is 5.83. The van der Waals surface area contributed by atoms with Crippen LogP contribution in [0.1, 0.15) is 5.56 Å². The van der Waals surface area contributed by atoms with E-state index in [0.29, 0.717) is 11.8 Å². The van der Waals surface area contributed by atoms with Gasteiger partial charge in [0, 0.05) is 53.4 Å². The topological polar surface area (TPSA) is 37.4 Å². The lowest BCUT2D eigenvalue weighted by Gasteiger charge is -2.22. The number of halogens is 3. The van der Waals surface area contributed by atoms with Crippen LogP contribution in [0, 0.1) is 0 Å². The van der Waals surface area contributed by atoms with Crippen molar-refractivity contribution >= 4 is 68.8 Å². The van der Waals surface area contributed by atoms with E-state index in [-0.39, 0.29) is 12.4 Å². The summed E-state index contributed by atoms with van der Waals surface area (Å²) in [5.41, 5.74) is 5.07. The summed E-state index contributed by atoms with van der Waals surface area (Å²) in [6.07, 6.45) is 0. The Morgan fingerprint density at radius 3 is 2.03 bits per heavy atom. The summed E-state index contributed by atoms with van der Waals surface area (Å²) < 4.78 is 5.62. The maximum Gasteiger partial charge on any atom is 0.123 e. The van der Waals surface area contributed by atoms with Crippen LogP contribution >= 0.6 is 35.6 Å². The van der Waals surface area contributed by atoms with Crippen LogP contribution in [0.4, 0.5) is 11.4 Å². The van der Waals surface area contributed by atoms with E-state index in [0.717, 1.165) is 64.1 Å². The van der Waals surface area contributed by atoms with Crippen LogP contribution in [0.5, 0.6) is 5.75 Å². The predicted octanol–water partition coefficient (Wildman–Crippen LogP) is 6.84. The molecule has 0 bridgehead atoms. The highest BCUT2D eigenvalue weighted by Gasteiger charge is 2.13. The van der Waals surface area contributed by atoms with Gasteiger partial charge in [-0.3, -0.25) is 4.90 Å². The predicted molar refractivity (Wildman–Crippen MR) is 139 cm³/mol. The van der Waals surface area contributed by atoms with Crippen LogP contribution < -0.4 is 10.1 Å². The minimum absolute atomic E-state index is 0. The third kappa shape index (κ3) is 5.38. The molecule has 32 heavy (non-hydrogen) atoms. The molecule has 0 aliphatic carbocycles. The van der Waals surface area contributed by atoms with Crippen molar-refractivity contribution in [3.8, 4) is 5.75 Å². The second-order valence-corrected chi connectivity index (χ2v) is 8.08. The minimum atomic E-state index is 0. The van der Waals surface area contributed by atoms with Crippen LogP contribution in [-0.2, 0) is 6.54 Å². The van der Waals surface area contributed by atoms with Gasteiger partial charge in [0.1, 0.15) is 5.75 Å². The van der Waals surface area contributed by atoms with Crippen LogP contribution in [0.25, 0.3) is 21.8 Å². The molecule has 0 unspecified atom stereocenters. The number of anilines is 2. The maximum absolute atomic E-state index is 5.99. The highest BCUT2D eigenvalue weighted by atomic mass is 35.5. The SMILES string of the molecule is COc1ccc(Nc2c3ccccc3nc3ccccc23)cc1CN(CCCl)CCCl.Cl. The molecule has 0 saturated carbocycles. The van der Waals surface area contributed by atoms with Gasteiger partial charge >= 0.3 is 0 Å². The number of alkyl halides is 2. The van der Waals surface area contributed by atoms with Crippen LogP contribution in [0.2, 0.25) is 0 Å². The van der Waals surface area contributed by atoms with Gasteiger partial charge in [-0.2, -0.15) is 0 Å². The fourth-order valence-corrected chi connectivity index (χ4v) is 4.33. The summed E-state index contributed by atoms with van der Waals surface area (Å²) in [4.78, 5) is 7.05. The molecule has 4 rings (SSSR count). The van der Waals surface area contributed by atoms with Crippen molar-refractivity contribution in [3.63, 3.8) is 0 Å². The van der Waals surface area contributed by atoms with E-state index in [2.05, 4.69) is 28.4 Å².